The van der Waals surface area contributed by atoms with Crippen molar-refractivity contribution in [2.24, 2.45) is 16.5 Å². The molecule has 1 aromatic carbocycles. The molecule has 1 aliphatic heterocycles. The first-order valence-corrected chi connectivity index (χ1v) is 5.20. The largest absolute Gasteiger partial charge is 0.490 e. The van der Waals surface area contributed by atoms with Crippen molar-refractivity contribution in [2.45, 2.75) is 13.0 Å². The number of rotatable bonds is 2. The summed E-state index contributed by atoms with van der Waals surface area (Å²) in [6, 6.07) is 5.73. The van der Waals surface area contributed by atoms with E-state index < -0.39 is 0 Å². The number of halogens is 1. The van der Waals surface area contributed by atoms with Crippen molar-refractivity contribution in [1.29, 1.82) is 0 Å². The SMILES string of the molecule is I.NC(N)=NCc1cccc2c1OCCCO2. The lowest BCUT2D eigenvalue weighted by atomic mass is 10.2. The molecule has 0 saturated heterocycles. The molecule has 0 spiro atoms. The number of nitrogens with two attached hydrogens (primary N) is 2. The molecule has 0 aliphatic carbocycles. The Balaban J connectivity index is 0.00000144. The summed E-state index contributed by atoms with van der Waals surface area (Å²) >= 11 is 0. The lowest BCUT2D eigenvalue weighted by Gasteiger charge is -2.10. The molecule has 0 bridgehead atoms. The molecule has 0 aromatic heterocycles. The van der Waals surface area contributed by atoms with Gasteiger partial charge in [0.2, 0.25) is 0 Å². The molecule has 94 valence electrons. The second kappa shape index (κ2) is 6.53. The van der Waals surface area contributed by atoms with Gasteiger partial charge in [-0.05, 0) is 6.07 Å². The van der Waals surface area contributed by atoms with E-state index in [2.05, 4.69) is 4.99 Å². The zero-order valence-corrected chi connectivity index (χ0v) is 11.7. The van der Waals surface area contributed by atoms with Crippen molar-refractivity contribution >= 4 is 29.9 Å². The summed E-state index contributed by atoms with van der Waals surface area (Å²) in [5, 5.41) is 0. The molecule has 5 nitrogen and oxygen atoms in total. The van der Waals surface area contributed by atoms with Crippen LogP contribution in [0.15, 0.2) is 23.2 Å². The fraction of sp³-hybridized carbons (Fsp3) is 0.364. The van der Waals surface area contributed by atoms with E-state index in [-0.39, 0.29) is 29.9 Å². The van der Waals surface area contributed by atoms with Crippen LogP contribution in [0.5, 0.6) is 11.5 Å². The van der Waals surface area contributed by atoms with Crippen molar-refractivity contribution < 1.29 is 9.47 Å². The molecular weight excluding hydrogens is 333 g/mol. The van der Waals surface area contributed by atoms with Gasteiger partial charge in [0.25, 0.3) is 0 Å². The van der Waals surface area contributed by atoms with Gasteiger partial charge >= 0.3 is 0 Å². The van der Waals surface area contributed by atoms with E-state index in [1.165, 1.54) is 0 Å². The van der Waals surface area contributed by atoms with Gasteiger partial charge in [-0.25, -0.2) is 4.99 Å². The van der Waals surface area contributed by atoms with Gasteiger partial charge in [-0.3, -0.25) is 0 Å². The van der Waals surface area contributed by atoms with Gasteiger partial charge in [-0.1, -0.05) is 12.1 Å². The normalized spacial score (nSPS) is 13.2. The number of ether oxygens (including phenoxy) is 2. The zero-order chi connectivity index (χ0) is 11.4. The quantitative estimate of drug-likeness (QED) is 0.478. The highest BCUT2D eigenvalue weighted by atomic mass is 127. The van der Waals surface area contributed by atoms with Gasteiger partial charge in [0.15, 0.2) is 17.5 Å². The summed E-state index contributed by atoms with van der Waals surface area (Å²) < 4.78 is 11.2. The monoisotopic (exact) mass is 349 g/mol. The molecule has 1 aliphatic rings. The van der Waals surface area contributed by atoms with Gasteiger partial charge in [-0.2, -0.15) is 0 Å². The summed E-state index contributed by atoms with van der Waals surface area (Å²) in [5.74, 6) is 1.60. The smallest absolute Gasteiger partial charge is 0.186 e. The standard InChI is InChI=1S/C11H15N3O2.HI/c12-11(13)14-7-8-3-1-4-9-10(8)16-6-2-5-15-9;/h1,3-4H,2,5-7H2,(H4,12,13,14);1H. The van der Waals surface area contributed by atoms with E-state index in [1.807, 2.05) is 18.2 Å². The summed E-state index contributed by atoms with van der Waals surface area (Å²) in [4.78, 5) is 3.97. The van der Waals surface area contributed by atoms with Crippen LogP contribution in [0.4, 0.5) is 0 Å². The third-order valence-corrected chi connectivity index (χ3v) is 2.29. The summed E-state index contributed by atoms with van der Waals surface area (Å²) in [6.07, 6.45) is 0.885. The molecule has 17 heavy (non-hydrogen) atoms. The van der Waals surface area contributed by atoms with Crippen LogP contribution in [-0.2, 0) is 6.54 Å². The highest BCUT2D eigenvalue weighted by Crippen LogP contribution is 2.33. The fourth-order valence-electron chi connectivity index (χ4n) is 1.56. The van der Waals surface area contributed by atoms with E-state index in [0.717, 1.165) is 23.5 Å². The minimum absolute atomic E-state index is 0. The van der Waals surface area contributed by atoms with Gasteiger partial charge in [0.05, 0.1) is 19.8 Å². The maximum absolute atomic E-state index is 5.64. The Hall–Kier alpha value is -1.18. The second-order valence-electron chi connectivity index (χ2n) is 3.54. The molecule has 0 fully saturated rings. The predicted molar refractivity (Wildman–Crippen MR) is 77.0 cm³/mol. The molecule has 4 N–H and O–H groups in total. The van der Waals surface area contributed by atoms with E-state index >= 15 is 0 Å². The molecule has 0 amide bonds. The Morgan fingerprint density at radius 2 is 2.00 bits per heavy atom. The Kier molecular flexibility index (Phi) is 5.33. The highest BCUT2D eigenvalue weighted by Gasteiger charge is 2.13. The average Bonchev–Trinajstić information content (AvgIpc) is 2.51. The third kappa shape index (κ3) is 3.65. The number of hydrogen-bond acceptors (Lipinski definition) is 3. The van der Waals surface area contributed by atoms with Crippen molar-refractivity contribution in [1.82, 2.24) is 0 Å². The van der Waals surface area contributed by atoms with Gasteiger partial charge in [0, 0.05) is 12.0 Å². The van der Waals surface area contributed by atoms with Crippen LogP contribution < -0.4 is 20.9 Å². The number of para-hydroxylation sites is 1. The lowest BCUT2D eigenvalue weighted by molar-refractivity contribution is 0.296. The Morgan fingerprint density at radius 3 is 2.76 bits per heavy atom. The fourth-order valence-corrected chi connectivity index (χ4v) is 1.56. The van der Waals surface area contributed by atoms with Crippen molar-refractivity contribution in [3.63, 3.8) is 0 Å². The summed E-state index contributed by atoms with van der Waals surface area (Å²) in [6.45, 7) is 1.75. The van der Waals surface area contributed by atoms with Gasteiger partial charge in [0.1, 0.15) is 0 Å². The van der Waals surface area contributed by atoms with Gasteiger partial charge in [-0.15, -0.1) is 24.0 Å². The van der Waals surface area contributed by atoms with Crippen LogP contribution in [0.25, 0.3) is 0 Å². The van der Waals surface area contributed by atoms with Crippen LogP contribution >= 0.6 is 24.0 Å². The number of benzene rings is 1. The minimum Gasteiger partial charge on any atom is -0.490 e. The number of fused-ring (bicyclic) bond motifs is 1. The van der Waals surface area contributed by atoms with Crippen LogP contribution in [0.2, 0.25) is 0 Å². The molecule has 1 aromatic rings. The van der Waals surface area contributed by atoms with E-state index in [0.29, 0.717) is 19.8 Å². The Labute approximate surface area is 117 Å². The maximum atomic E-state index is 5.64. The zero-order valence-electron chi connectivity index (χ0n) is 9.39. The number of hydrogen-bond donors (Lipinski definition) is 2. The Morgan fingerprint density at radius 1 is 1.24 bits per heavy atom. The lowest BCUT2D eigenvalue weighted by Crippen LogP contribution is -2.22. The van der Waals surface area contributed by atoms with E-state index in [4.69, 9.17) is 20.9 Å². The first kappa shape index (κ1) is 13.9. The first-order valence-electron chi connectivity index (χ1n) is 5.20. The van der Waals surface area contributed by atoms with Crippen LogP contribution in [-0.4, -0.2) is 19.2 Å². The Bertz CT molecular complexity index is 406. The highest BCUT2D eigenvalue weighted by molar-refractivity contribution is 14.0. The predicted octanol–water partition coefficient (Wildman–Crippen LogP) is 1.24. The van der Waals surface area contributed by atoms with Crippen molar-refractivity contribution in [3.8, 4) is 11.5 Å². The molecule has 0 atom stereocenters. The molecular formula is C11H16IN3O2. The van der Waals surface area contributed by atoms with E-state index in [1.54, 1.807) is 0 Å². The molecule has 0 saturated carbocycles. The third-order valence-electron chi connectivity index (χ3n) is 2.29. The second-order valence-corrected chi connectivity index (χ2v) is 3.54. The van der Waals surface area contributed by atoms with Crippen molar-refractivity contribution in [3.05, 3.63) is 23.8 Å². The number of aliphatic imine (C=N–C) groups is 1. The van der Waals surface area contributed by atoms with Crippen LogP contribution in [0.3, 0.4) is 0 Å². The maximum Gasteiger partial charge on any atom is 0.186 e. The first-order chi connectivity index (χ1) is 7.77. The van der Waals surface area contributed by atoms with Crippen LogP contribution in [0, 0.1) is 0 Å². The van der Waals surface area contributed by atoms with Crippen LogP contribution in [0.1, 0.15) is 12.0 Å². The summed E-state index contributed by atoms with van der Waals surface area (Å²) in [5.41, 5.74) is 11.5. The topological polar surface area (TPSA) is 82.9 Å². The molecule has 0 radical (unpaired) electrons. The number of guanidine groups is 1. The minimum atomic E-state index is 0. The molecule has 2 rings (SSSR count). The number of nitrogens with zero attached hydrogens (tertiary/aromatic N) is 1. The molecule has 1 heterocycles. The molecule has 6 heteroatoms. The van der Waals surface area contributed by atoms with E-state index in [9.17, 15) is 0 Å². The van der Waals surface area contributed by atoms with Gasteiger partial charge < -0.3 is 20.9 Å². The summed E-state index contributed by atoms with van der Waals surface area (Å²) in [7, 11) is 0. The molecule has 0 unspecified atom stereocenters. The average molecular weight is 349 g/mol. The van der Waals surface area contributed by atoms with Crippen molar-refractivity contribution in [2.75, 3.05) is 13.2 Å².